The molecule has 6 nitrogen and oxygen atoms in total. The Morgan fingerprint density at radius 2 is 1.69 bits per heavy atom. The van der Waals surface area contributed by atoms with Gasteiger partial charge in [0.25, 0.3) is 0 Å². The number of nitrogens with zero attached hydrogens (tertiary/aromatic N) is 1. The van der Waals surface area contributed by atoms with Gasteiger partial charge >= 0.3 is 18.2 Å². The zero-order chi connectivity index (χ0) is 22.4. The summed E-state index contributed by atoms with van der Waals surface area (Å²) in [6.07, 6.45) is -4.40. The minimum Gasteiger partial charge on any atom is -0.494 e. The fourth-order valence-corrected chi connectivity index (χ4v) is 2.40. The number of benzene rings is 2. The minimum atomic E-state index is -4.40. The third kappa shape index (κ3) is 7.03. The second-order valence-electron chi connectivity index (χ2n) is 5.65. The van der Waals surface area contributed by atoms with Gasteiger partial charge in [0.2, 0.25) is 0 Å². The van der Waals surface area contributed by atoms with Crippen LogP contribution in [-0.4, -0.2) is 43.2 Å². The lowest BCUT2D eigenvalue weighted by Gasteiger charge is -2.13. The van der Waals surface area contributed by atoms with Crippen LogP contribution >= 0.6 is 23.2 Å². The number of nitrogens with one attached hydrogen (secondary N) is 1. The average Bonchev–Trinajstić information content (AvgIpc) is 2.63. The Balaban J connectivity index is 0.000000296. The van der Waals surface area contributed by atoms with E-state index in [1.807, 2.05) is 0 Å². The molecule has 0 heterocycles. The van der Waals surface area contributed by atoms with Crippen LogP contribution in [0.5, 0.6) is 5.75 Å². The topological polar surface area (TPSA) is 78.9 Å². The van der Waals surface area contributed by atoms with E-state index in [1.54, 1.807) is 0 Å². The third-order valence-corrected chi connectivity index (χ3v) is 3.94. The van der Waals surface area contributed by atoms with Crippen LogP contribution in [0.3, 0.4) is 0 Å². The summed E-state index contributed by atoms with van der Waals surface area (Å²) in [5, 5.41) is 11.5. The number of methoxy groups -OCH3 is 1. The van der Waals surface area contributed by atoms with Crippen LogP contribution < -0.4 is 10.1 Å². The number of carboxylic acids is 1. The molecule has 0 aromatic heterocycles. The number of hydrogen-bond acceptors (Lipinski definition) is 3. The molecule has 2 N–H and O–H groups in total. The molecule has 2 aromatic carbocycles. The maximum absolute atomic E-state index is 12.3. The lowest BCUT2D eigenvalue weighted by Crippen LogP contribution is -2.27. The van der Waals surface area contributed by atoms with E-state index in [2.05, 4.69) is 5.32 Å². The Bertz CT molecular complexity index is 890. The lowest BCUT2D eigenvalue weighted by atomic mass is 10.2. The number of urea groups is 1. The van der Waals surface area contributed by atoms with Crippen molar-refractivity contribution in [1.29, 1.82) is 0 Å². The van der Waals surface area contributed by atoms with Crippen LogP contribution in [0.15, 0.2) is 36.4 Å². The maximum atomic E-state index is 12.3. The van der Waals surface area contributed by atoms with Crippen molar-refractivity contribution in [2.45, 2.75) is 6.18 Å². The van der Waals surface area contributed by atoms with Crippen molar-refractivity contribution in [3.63, 3.8) is 0 Å². The van der Waals surface area contributed by atoms with Gasteiger partial charge in [-0.3, -0.25) is 0 Å². The molecule has 0 aliphatic heterocycles. The van der Waals surface area contributed by atoms with Crippen molar-refractivity contribution < 1.29 is 32.6 Å². The standard InChI is InChI=1S/C10H11F3N2O.C8H6Cl2O3/c1-15(2)9(16)14-8-5-3-4-7(6-8)10(11,12)13;1-13-7-5(10)3-2-4(9)6(7)8(11)12/h3-6H,1-2H3,(H,14,16);2-3H,1H3,(H,11,12). The molecule has 0 aliphatic rings. The summed E-state index contributed by atoms with van der Waals surface area (Å²) in [6.45, 7) is 0. The third-order valence-electron chi connectivity index (χ3n) is 3.32. The summed E-state index contributed by atoms with van der Waals surface area (Å²) in [5.74, 6) is -1.08. The molecule has 11 heteroatoms. The van der Waals surface area contributed by atoms with Gasteiger partial charge in [0.1, 0.15) is 5.56 Å². The van der Waals surface area contributed by atoms with Crippen LogP contribution in [0, 0.1) is 0 Å². The number of amides is 2. The number of anilines is 1. The van der Waals surface area contributed by atoms with Gasteiger partial charge in [0.05, 0.1) is 22.7 Å². The molecule has 2 amide bonds. The molecule has 0 atom stereocenters. The van der Waals surface area contributed by atoms with Gasteiger partial charge in [0, 0.05) is 19.8 Å². The van der Waals surface area contributed by atoms with Gasteiger partial charge in [-0.1, -0.05) is 29.3 Å². The van der Waals surface area contributed by atoms with E-state index in [9.17, 15) is 22.8 Å². The number of carbonyl (C=O) groups excluding carboxylic acids is 1. The quantitative estimate of drug-likeness (QED) is 0.644. The minimum absolute atomic E-state index is 0.0849. The molecule has 0 fully saturated rings. The highest BCUT2D eigenvalue weighted by atomic mass is 35.5. The van der Waals surface area contributed by atoms with Crippen molar-refractivity contribution in [3.8, 4) is 5.75 Å². The molecular weight excluding hydrogens is 436 g/mol. The Morgan fingerprint density at radius 1 is 1.10 bits per heavy atom. The SMILES string of the molecule is CN(C)C(=O)Nc1cccc(C(F)(F)F)c1.COc1c(Cl)ccc(Cl)c1C(=O)O. The molecule has 0 saturated carbocycles. The van der Waals surface area contributed by atoms with Crippen molar-refractivity contribution in [2.75, 3.05) is 26.5 Å². The van der Waals surface area contributed by atoms with Crippen LogP contribution in [-0.2, 0) is 6.18 Å². The van der Waals surface area contributed by atoms with Gasteiger partial charge in [-0.05, 0) is 30.3 Å². The normalized spacial score (nSPS) is 10.5. The first-order valence-electron chi connectivity index (χ1n) is 7.79. The Hall–Kier alpha value is -2.65. The predicted octanol–water partition coefficient (Wildman–Crippen LogP) is 5.50. The summed E-state index contributed by atoms with van der Waals surface area (Å²) < 4.78 is 41.8. The molecule has 0 unspecified atom stereocenters. The Morgan fingerprint density at radius 3 is 2.14 bits per heavy atom. The summed E-state index contributed by atoms with van der Waals surface area (Å²) in [5.41, 5.74) is -0.783. The summed E-state index contributed by atoms with van der Waals surface area (Å²) in [6, 6.07) is 6.90. The average molecular weight is 453 g/mol. The molecule has 29 heavy (non-hydrogen) atoms. The number of aromatic carboxylic acids is 1. The van der Waals surface area contributed by atoms with Gasteiger partial charge in [0.15, 0.2) is 5.75 Å². The second-order valence-corrected chi connectivity index (χ2v) is 6.46. The molecule has 0 aliphatic carbocycles. The summed E-state index contributed by atoms with van der Waals surface area (Å²) in [7, 11) is 4.34. The fourth-order valence-electron chi connectivity index (χ4n) is 1.94. The maximum Gasteiger partial charge on any atom is 0.416 e. The molecular formula is C18H17Cl2F3N2O4. The molecule has 2 rings (SSSR count). The van der Waals surface area contributed by atoms with E-state index in [0.29, 0.717) is 0 Å². The molecule has 0 radical (unpaired) electrons. The zero-order valence-corrected chi connectivity index (χ0v) is 17.0. The highest BCUT2D eigenvalue weighted by Gasteiger charge is 2.30. The van der Waals surface area contributed by atoms with E-state index in [1.165, 1.54) is 50.4 Å². The number of alkyl halides is 3. The van der Waals surface area contributed by atoms with Crippen molar-refractivity contribution in [3.05, 3.63) is 57.6 Å². The fraction of sp³-hybridized carbons (Fsp3) is 0.222. The Labute approximate surface area is 174 Å². The number of rotatable bonds is 3. The smallest absolute Gasteiger partial charge is 0.416 e. The number of hydrogen-bond donors (Lipinski definition) is 2. The highest BCUT2D eigenvalue weighted by molar-refractivity contribution is 6.36. The number of halogens is 5. The van der Waals surface area contributed by atoms with Gasteiger partial charge in [-0.15, -0.1) is 0 Å². The van der Waals surface area contributed by atoms with Crippen LogP contribution in [0.4, 0.5) is 23.7 Å². The zero-order valence-electron chi connectivity index (χ0n) is 15.5. The Kier molecular flexibility index (Phi) is 8.59. The van der Waals surface area contributed by atoms with E-state index in [4.69, 9.17) is 33.0 Å². The number of carbonyl (C=O) groups is 2. The summed E-state index contributed by atoms with van der Waals surface area (Å²) >= 11 is 11.4. The molecule has 0 spiro atoms. The van der Waals surface area contributed by atoms with Gasteiger partial charge < -0.3 is 20.1 Å². The predicted molar refractivity (Wildman–Crippen MR) is 104 cm³/mol. The van der Waals surface area contributed by atoms with E-state index < -0.39 is 23.7 Å². The number of ether oxygens (including phenoxy) is 1. The first kappa shape index (κ1) is 24.4. The first-order chi connectivity index (χ1) is 13.4. The van der Waals surface area contributed by atoms with Crippen molar-refractivity contribution in [1.82, 2.24) is 4.90 Å². The van der Waals surface area contributed by atoms with E-state index >= 15 is 0 Å². The van der Waals surface area contributed by atoms with Gasteiger partial charge in [-0.25, -0.2) is 9.59 Å². The van der Waals surface area contributed by atoms with E-state index in [-0.39, 0.29) is 27.0 Å². The van der Waals surface area contributed by atoms with Gasteiger partial charge in [-0.2, -0.15) is 13.2 Å². The van der Waals surface area contributed by atoms with Crippen molar-refractivity contribution >= 4 is 40.9 Å². The monoisotopic (exact) mass is 452 g/mol. The van der Waals surface area contributed by atoms with E-state index in [0.717, 1.165) is 12.1 Å². The highest BCUT2D eigenvalue weighted by Crippen LogP contribution is 2.33. The largest absolute Gasteiger partial charge is 0.494 e. The van der Waals surface area contributed by atoms with Crippen LogP contribution in [0.25, 0.3) is 0 Å². The lowest BCUT2D eigenvalue weighted by molar-refractivity contribution is -0.137. The molecule has 158 valence electrons. The summed E-state index contributed by atoms with van der Waals surface area (Å²) in [4.78, 5) is 23.2. The van der Waals surface area contributed by atoms with Crippen LogP contribution in [0.2, 0.25) is 10.0 Å². The first-order valence-corrected chi connectivity index (χ1v) is 8.55. The van der Waals surface area contributed by atoms with Crippen molar-refractivity contribution in [2.24, 2.45) is 0 Å². The molecule has 2 aromatic rings. The molecule has 0 saturated heterocycles. The molecule has 0 bridgehead atoms. The second kappa shape index (κ2) is 10.2. The number of carboxylic acid groups (broad SMARTS) is 1. The van der Waals surface area contributed by atoms with Crippen LogP contribution in [0.1, 0.15) is 15.9 Å².